The molecule has 0 aliphatic carbocycles. The summed E-state index contributed by atoms with van der Waals surface area (Å²) in [6.45, 7) is 5.68. The number of rotatable bonds is 2. The minimum absolute atomic E-state index is 0.160. The van der Waals surface area contributed by atoms with E-state index >= 15 is 0 Å². The van der Waals surface area contributed by atoms with Gasteiger partial charge in [0.25, 0.3) is 0 Å². The van der Waals surface area contributed by atoms with E-state index in [-0.39, 0.29) is 4.83 Å². The molecule has 1 aliphatic heterocycles. The van der Waals surface area contributed by atoms with Gasteiger partial charge in [-0.15, -0.1) is 0 Å². The number of hydrogen-bond acceptors (Lipinski definition) is 2. The third-order valence-corrected chi connectivity index (χ3v) is 4.79. The highest BCUT2D eigenvalue weighted by atomic mass is 79.9. The molecule has 0 aromatic heterocycles. The Morgan fingerprint density at radius 1 is 1.05 bits per heavy atom. The Balaban J connectivity index is 1.92. The Kier molecular flexibility index (Phi) is 4.20. The van der Waals surface area contributed by atoms with Crippen LogP contribution in [-0.2, 0) is 0 Å². The average Bonchev–Trinajstić information content (AvgIpc) is 2.69. The molecule has 0 saturated heterocycles. The minimum atomic E-state index is 0.160. The summed E-state index contributed by atoms with van der Waals surface area (Å²) in [4.78, 5) is 0.160. The van der Waals surface area contributed by atoms with Gasteiger partial charge in [-0.25, -0.2) is 0 Å². The number of hydrogen-bond donors (Lipinski definition) is 0. The number of benzene rings is 2. The van der Waals surface area contributed by atoms with Crippen molar-refractivity contribution in [3.05, 3.63) is 59.2 Å². The van der Waals surface area contributed by atoms with Crippen molar-refractivity contribution in [1.29, 1.82) is 0 Å². The number of aryl methyl sites for hydroxylation is 1. The maximum absolute atomic E-state index is 5.87. The van der Waals surface area contributed by atoms with Gasteiger partial charge in [-0.3, -0.25) is 0 Å². The molecule has 21 heavy (non-hydrogen) atoms. The third-order valence-electron chi connectivity index (χ3n) is 3.77. The predicted octanol–water partition coefficient (Wildman–Crippen LogP) is 4.89. The fraction of sp³-hybridized carbons (Fsp3) is 0.333. The molecule has 0 amide bonds. The van der Waals surface area contributed by atoms with Crippen LogP contribution in [0.5, 0.6) is 11.5 Å². The van der Waals surface area contributed by atoms with Crippen molar-refractivity contribution in [2.24, 2.45) is 5.92 Å². The van der Waals surface area contributed by atoms with Crippen LogP contribution in [0.2, 0.25) is 0 Å². The SMILES string of the molecule is Cc1ccccc1C(Br)c1ccc2c(c1)OCC(C)CO2. The van der Waals surface area contributed by atoms with Crippen LogP contribution in [-0.4, -0.2) is 13.2 Å². The van der Waals surface area contributed by atoms with E-state index in [4.69, 9.17) is 9.47 Å². The standard InChI is InChI=1S/C18H19BrO2/c1-12-10-20-16-8-7-14(9-17(16)21-11-12)18(19)15-6-4-3-5-13(15)2/h3-9,12,18H,10-11H2,1-2H3. The number of fused-ring (bicyclic) bond motifs is 1. The molecule has 2 aromatic carbocycles. The zero-order valence-electron chi connectivity index (χ0n) is 12.3. The van der Waals surface area contributed by atoms with Crippen molar-refractivity contribution in [2.75, 3.05) is 13.2 Å². The van der Waals surface area contributed by atoms with Gasteiger partial charge in [-0.05, 0) is 35.7 Å². The maximum atomic E-state index is 5.87. The van der Waals surface area contributed by atoms with E-state index in [2.05, 4.69) is 66.2 Å². The van der Waals surface area contributed by atoms with Crippen molar-refractivity contribution < 1.29 is 9.47 Å². The lowest BCUT2D eigenvalue weighted by Crippen LogP contribution is -2.12. The van der Waals surface area contributed by atoms with Crippen LogP contribution in [0.25, 0.3) is 0 Å². The summed E-state index contributed by atoms with van der Waals surface area (Å²) in [6, 6.07) is 14.6. The summed E-state index contributed by atoms with van der Waals surface area (Å²) >= 11 is 3.81. The molecule has 2 nitrogen and oxygen atoms in total. The summed E-state index contributed by atoms with van der Waals surface area (Å²) in [5, 5.41) is 0. The monoisotopic (exact) mass is 346 g/mol. The molecule has 0 radical (unpaired) electrons. The quantitative estimate of drug-likeness (QED) is 0.721. The van der Waals surface area contributed by atoms with Crippen LogP contribution < -0.4 is 9.47 Å². The van der Waals surface area contributed by atoms with E-state index < -0.39 is 0 Å². The highest BCUT2D eigenvalue weighted by Gasteiger charge is 2.18. The van der Waals surface area contributed by atoms with Gasteiger partial charge in [0.2, 0.25) is 0 Å². The minimum Gasteiger partial charge on any atom is -0.489 e. The Morgan fingerprint density at radius 3 is 2.52 bits per heavy atom. The van der Waals surface area contributed by atoms with Crippen LogP contribution in [0.1, 0.15) is 28.4 Å². The largest absolute Gasteiger partial charge is 0.489 e. The van der Waals surface area contributed by atoms with Gasteiger partial charge in [0.1, 0.15) is 0 Å². The molecule has 1 heterocycles. The van der Waals surface area contributed by atoms with Gasteiger partial charge in [0.05, 0.1) is 18.0 Å². The Morgan fingerprint density at radius 2 is 1.76 bits per heavy atom. The highest BCUT2D eigenvalue weighted by Crippen LogP contribution is 2.38. The second-order valence-electron chi connectivity index (χ2n) is 5.65. The first-order valence-corrected chi connectivity index (χ1v) is 8.16. The van der Waals surface area contributed by atoms with Crippen molar-refractivity contribution in [1.82, 2.24) is 0 Å². The topological polar surface area (TPSA) is 18.5 Å². The van der Waals surface area contributed by atoms with Gasteiger partial charge >= 0.3 is 0 Å². The van der Waals surface area contributed by atoms with Crippen LogP contribution in [0, 0.1) is 12.8 Å². The van der Waals surface area contributed by atoms with Gasteiger partial charge in [0, 0.05) is 5.92 Å². The molecule has 3 heteroatoms. The number of ether oxygens (including phenoxy) is 2. The highest BCUT2D eigenvalue weighted by molar-refractivity contribution is 9.09. The molecule has 3 rings (SSSR count). The van der Waals surface area contributed by atoms with Crippen LogP contribution >= 0.6 is 15.9 Å². The lowest BCUT2D eigenvalue weighted by atomic mass is 10.0. The van der Waals surface area contributed by atoms with Crippen molar-refractivity contribution in [3.8, 4) is 11.5 Å². The average molecular weight is 347 g/mol. The van der Waals surface area contributed by atoms with Gasteiger partial charge in [-0.1, -0.05) is 53.2 Å². The molecule has 110 valence electrons. The number of halogens is 1. The molecule has 0 saturated carbocycles. The van der Waals surface area contributed by atoms with E-state index in [1.807, 2.05) is 6.07 Å². The Labute approximate surface area is 134 Å². The first-order valence-electron chi connectivity index (χ1n) is 7.24. The van der Waals surface area contributed by atoms with Crippen LogP contribution in [0.3, 0.4) is 0 Å². The molecule has 2 atom stereocenters. The molecule has 0 fully saturated rings. The van der Waals surface area contributed by atoms with E-state index in [1.54, 1.807) is 0 Å². The molecule has 2 unspecified atom stereocenters. The summed E-state index contributed by atoms with van der Waals surface area (Å²) < 4.78 is 11.7. The van der Waals surface area contributed by atoms with Crippen molar-refractivity contribution >= 4 is 15.9 Å². The normalized spacial score (nSPS) is 18.9. The Bertz CT molecular complexity index is 639. The van der Waals surface area contributed by atoms with E-state index in [0.717, 1.165) is 11.5 Å². The number of alkyl halides is 1. The smallest absolute Gasteiger partial charge is 0.161 e. The predicted molar refractivity (Wildman–Crippen MR) is 88.5 cm³/mol. The summed E-state index contributed by atoms with van der Waals surface area (Å²) in [7, 11) is 0. The fourth-order valence-corrected chi connectivity index (χ4v) is 3.28. The first kappa shape index (κ1) is 14.5. The third kappa shape index (κ3) is 3.08. The zero-order chi connectivity index (χ0) is 14.8. The zero-order valence-corrected chi connectivity index (χ0v) is 13.9. The maximum Gasteiger partial charge on any atom is 0.161 e. The van der Waals surface area contributed by atoms with Crippen molar-refractivity contribution in [3.63, 3.8) is 0 Å². The second-order valence-corrected chi connectivity index (χ2v) is 6.57. The van der Waals surface area contributed by atoms with E-state index in [9.17, 15) is 0 Å². The summed E-state index contributed by atoms with van der Waals surface area (Å²) in [5.74, 6) is 2.10. The first-order chi connectivity index (χ1) is 10.1. The Hall–Kier alpha value is -1.48. The fourth-order valence-electron chi connectivity index (χ4n) is 2.48. The molecular formula is C18H19BrO2. The summed E-state index contributed by atoms with van der Waals surface area (Å²) in [6.07, 6.45) is 0. The molecule has 0 N–H and O–H groups in total. The van der Waals surface area contributed by atoms with Gasteiger partial charge in [-0.2, -0.15) is 0 Å². The van der Waals surface area contributed by atoms with Gasteiger partial charge < -0.3 is 9.47 Å². The summed E-state index contributed by atoms with van der Waals surface area (Å²) in [5.41, 5.74) is 3.74. The molecule has 2 aromatic rings. The molecule has 1 aliphatic rings. The molecule has 0 bridgehead atoms. The van der Waals surface area contributed by atoms with E-state index in [1.165, 1.54) is 16.7 Å². The van der Waals surface area contributed by atoms with Crippen LogP contribution in [0.4, 0.5) is 0 Å². The van der Waals surface area contributed by atoms with Crippen molar-refractivity contribution in [2.45, 2.75) is 18.7 Å². The molecule has 0 spiro atoms. The lowest BCUT2D eigenvalue weighted by molar-refractivity contribution is 0.228. The molecular weight excluding hydrogens is 328 g/mol. The van der Waals surface area contributed by atoms with Gasteiger partial charge in [0.15, 0.2) is 11.5 Å². The second kappa shape index (κ2) is 6.10. The van der Waals surface area contributed by atoms with Crippen LogP contribution in [0.15, 0.2) is 42.5 Å². The van der Waals surface area contributed by atoms with E-state index in [0.29, 0.717) is 19.1 Å². The lowest BCUT2D eigenvalue weighted by Gasteiger charge is -2.15.